The van der Waals surface area contributed by atoms with Gasteiger partial charge in [-0.25, -0.2) is 15.0 Å². The highest BCUT2D eigenvalue weighted by Crippen LogP contribution is 2.35. The maximum Gasteiger partial charge on any atom is 0.258 e. The molecule has 2 amide bonds. The van der Waals surface area contributed by atoms with Crippen LogP contribution < -0.4 is 15.4 Å². The maximum atomic E-state index is 12.6. The van der Waals surface area contributed by atoms with Gasteiger partial charge in [-0.2, -0.15) is 0 Å². The maximum absolute atomic E-state index is 12.6. The standard InChI is InChI=1S/C20H16N6O3/c1-10-6-11-16(24-10)7-12-17-15(26-19(12)28)3-2-14(25-17)13-8-21-9-23-20(13)29-5-4-22-18(11)27/h2-3,6-9,24H,4-5H2,1H3,(H,22,27)(H,26,28)/b12-7-. The first-order chi connectivity index (χ1) is 14.1. The zero-order valence-electron chi connectivity index (χ0n) is 15.4. The molecular formula is C20H16N6O3. The highest BCUT2D eigenvalue weighted by Gasteiger charge is 2.28. The van der Waals surface area contributed by atoms with Crippen molar-refractivity contribution in [1.29, 1.82) is 0 Å². The Bertz CT molecular complexity index is 1200. The minimum Gasteiger partial charge on any atom is -0.475 e. The summed E-state index contributed by atoms with van der Waals surface area (Å²) in [4.78, 5) is 41.3. The number of ether oxygens (including phenoxy) is 1. The Balaban J connectivity index is 1.73. The third kappa shape index (κ3) is 2.92. The molecule has 0 fully saturated rings. The second-order valence-corrected chi connectivity index (χ2v) is 6.73. The van der Waals surface area contributed by atoms with Gasteiger partial charge in [-0.15, -0.1) is 0 Å². The van der Waals surface area contributed by atoms with Crippen LogP contribution >= 0.6 is 0 Å². The van der Waals surface area contributed by atoms with Gasteiger partial charge in [-0.3, -0.25) is 9.59 Å². The molecule has 144 valence electrons. The lowest BCUT2D eigenvalue weighted by atomic mass is 10.1. The van der Waals surface area contributed by atoms with Gasteiger partial charge in [0.1, 0.15) is 18.6 Å². The highest BCUT2D eigenvalue weighted by molar-refractivity contribution is 6.34. The molecule has 29 heavy (non-hydrogen) atoms. The first kappa shape index (κ1) is 17.1. The predicted octanol–water partition coefficient (Wildman–Crippen LogP) is 1.79. The number of nitrogens with zero attached hydrogens (tertiary/aromatic N) is 3. The number of rotatable bonds is 0. The third-order valence-electron chi connectivity index (χ3n) is 4.74. The number of fused-ring (bicyclic) bond motifs is 4. The molecule has 3 aromatic heterocycles. The zero-order chi connectivity index (χ0) is 20.0. The SMILES string of the molecule is Cc1cc2c([nH]1)/C=C1\C(=O)Nc3ccc(nc31)-c1cncnc1OCCNC2=O. The Morgan fingerprint density at radius 1 is 1.14 bits per heavy atom. The molecule has 0 saturated carbocycles. The molecule has 9 nitrogen and oxygen atoms in total. The molecule has 0 aliphatic carbocycles. The first-order valence-corrected chi connectivity index (χ1v) is 9.05. The molecule has 0 saturated heterocycles. The van der Waals surface area contributed by atoms with Crippen molar-refractivity contribution in [3.05, 3.63) is 53.4 Å². The van der Waals surface area contributed by atoms with Crippen LogP contribution in [-0.2, 0) is 4.79 Å². The lowest BCUT2D eigenvalue weighted by Crippen LogP contribution is -2.28. The molecule has 3 aromatic rings. The lowest BCUT2D eigenvalue weighted by Gasteiger charge is -2.11. The van der Waals surface area contributed by atoms with Crippen molar-refractivity contribution in [2.24, 2.45) is 0 Å². The summed E-state index contributed by atoms with van der Waals surface area (Å²) in [5.74, 6) is -0.180. The molecule has 9 heteroatoms. The molecule has 0 unspecified atom stereocenters. The van der Waals surface area contributed by atoms with Gasteiger partial charge in [0, 0.05) is 11.9 Å². The van der Waals surface area contributed by atoms with E-state index < -0.39 is 0 Å². The van der Waals surface area contributed by atoms with E-state index in [-0.39, 0.29) is 18.4 Å². The normalized spacial score (nSPS) is 17.1. The number of anilines is 1. The van der Waals surface area contributed by atoms with Gasteiger partial charge in [0.05, 0.1) is 40.3 Å². The monoisotopic (exact) mass is 388 g/mol. The second kappa shape index (κ2) is 6.55. The zero-order valence-corrected chi connectivity index (χ0v) is 15.4. The number of amides is 2. The molecule has 3 N–H and O–H groups in total. The predicted molar refractivity (Wildman–Crippen MR) is 105 cm³/mol. The smallest absolute Gasteiger partial charge is 0.258 e. The molecular weight excluding hydrogens is 372 g/mol. The number of hydrogen-bond acceptors (Lipinski definition) is 6. The van der Waals surface area contributed by atoms with Crippen molar-refractivity contribution >= 4 is 29.2 Å². The van der Waals surface area contributed by atoms with E-state index in [2.05, 4.69) is 30.6 Å². The summed E-state index contributed by atoms with van der Waals surface area (Å²) in [6.07, 6.45) is 4.66. The molecule has 0 aromatic carbocycles. The van der Waals surface area contributed by atoms with Gasteiger partial charge >= 0.3 is 0 Å². The van der Waals surface area contributed by atoms with Gasteiger partial charge < -0.3 is 20.4 Å². The van der Waals surface area contributed by atoms with Gasteiger partial charge in [-0.1, -0.05) is 0 Å². The molecule has 0 spiro atoms. The average molecular weight is 388 g/mol. The van der Waals surface area contributed by atoms with Crippen molar-refractivity contribution in [2.75, 3.05) is 18.5 Å². The molecule has 2 aliphatic heterocycles. The van der Waals surface area contributed by atoms with E-state index in [1.54, 1.807) is 30.5 Å². The summed E-state index contributed by atoms with van der Waals surface area (Å²) in [7, 11) is 0. The average Bonchev–Trinajstić information content (AvgIpc) is 3.24. The van der Waals surface area contributed by atoms with E-state index >= 15 is 0 Å². The van der Waals surface area contributed by atoms with Crippen molar-refractivity contribution in [1.82, 2.24) is 25.3 Å². The quantitative estimate of drug-likeness (QED) is 0.540. The largest absolute Gasteiger partial charge is 0.475 e. The van der Waals surface area contributed by atoms with Crippen molar-refractivity contribution in [3.8, 4) is 17.1 Å². The fourth-order valence-corrected chi connectivity index (χ4v) is 3.42. The number of H-pyrrole nitrogens is 1. The highest BCUT2D eigenvalue weighted by atomic mass is 16.5. The minimum absolute atomic E-state index is 0.237. The minimum atomic E-state index is -0.281. The summed E-state index contributed by atoms with van der Waals surface area (Å²) < 4.78 is 5.75. The number of aryl methyl sites for hydroxylation is 1. The Morgan fingerprint density at radius 2 is 2.03 bits per heavy atom. The van der Waals surface area contributed by atoms with E-state index in [1.807, 2.05) is 6.92 Å². The van der Waals surface area contributed by atoms with E-state index in [1.165, 1.54) is 6.33 Å². The summed E-state index contributed by atoms with van der Waals surface area (Å²) in [6, 6.07) is 5.31. The van der Waals surface area contributed by atoms with Gasteiger partial charge in [0.2, 0.25) is 5.88 Å². The van der Waals surface area contributed by atoms with Gasteiger partial charge in [0.25, 0.3) is 11.8 Å². The third-order valence-corrected chi connectivity index (χ3v) is 4.74. The number of hydrogen-bond donors (Lipinski definition) is 3. The number of aromatic nitrogens is 4. The Morgan fingerprint density at radius 3 is 2.93 bits per heavy atom. The first-order valence-electron chi connectivity index (χ1n) is 9.05. The van der Waals surface area contributed by atoms with E-state index in [0.717, 1.165) is 5.69 Å². The van der Waals surface area contributed by atoms with Crippen LogP contribution in [0.3, 0.4) is 0 Å². The molecule has 2 bridgehead atoms. The Hall–Kier alpha value is -4.01. The summed E-state index contributed by atoms with van der Waals surface area (Å²) in [6.45, 7) is 2.38. The van der Waals surface area contributed by atoms with Crippen LogP contribution in [-0.4, -0.2) is 44.9 Å². The number of nitrogens with one attached hydrogen (secondary N) is 3. The summed E-state index contributed by atoms with van der Waals surface area (Å²) >= 11 is 0. The molecule has 5 rings (SSSR count). The van der Waals surface area contributed by atoms with Crippen LogP contribution in [0, 0.1) is 6.92 Å². The van der Waals surface area contributed by atoms with Crippen molar-refractivity contribution in [3.63, 3.8) is 0 Å². The van der Waals surface area contributed by atoms with Crippen LogP contribution in [0.25, 0.3) is 22.9 Å². The Kier molecular flexibility index (Phi) is 3.87. The van der Waals surface area contributed by atoms with Crippen LogP contribution in [0.5, 0.6) is 5.88 Å². The molecule has 5 heterocycles. The van der Waals surface area contributed by atoms with Gasteiger partial charge in [-0.05, 0) is 31.2 Å². The van der Waals surface area contributed by atoms with Crippen molar-refractivity contribution in [2.45, 2.75) is 6.92 Å². The fourth-order valence-electron chi connectivity index (χ4n) is 3.42. The fraction of sp³-hybridized carbons (Fsp3) is 0.150. The number of aromatic amines is 1. The number of carbonyl (C=O) groups excluding carboxylic acids is 2. The molecule has 0 radical (unpaired) electrons. The lowest BCUT2D eigenvalue weighted by molar-refractivity contribution is -0.110. The second-order valence-electron chi connectivity index (χ2n) is 6.73. The van der Waals surface area contributed by atoms with E-state index in [4.69, 9.17) is 4.74 Å². The molecule has 2 aliphatic rings. The summed E-state index contributed by atoms with van der Waals surface area (Å²) in [5, 5.41) is 5.64. The van der Waals surface area contributed by atoms with Crippen LogP contribution in [0.15, 0.2) is 30.7 Å². The summed E-state index contributed by atoms with van der Waals surface area (Å²) in [5.41, 5.74) is 4.47. The number of pyridine rings is 1. The van der Waals surface area contributed by atoms with Crippen LogP contribution in [0.1, 0.15) is 27.4 Å². The topological polar surface area (TPSA) is 122 Å². The van der Waals surface area contributed by atoms with Crippen LogP contribution in [0.4, 0.5) is 5.69 Å². The molecule has 0 atom stereocenters. The Labute approximate surface area is 165 Å². The van der Waals surface area contributed by atoms with Gasteiger partial charge in [0.15, 0.2) is 0 Å². The van der Waals surface area contributed by atoms with Crippen LogP contribution in [0.2, 0.25) is 0 Å². The van der Waals surface area contributed by atoms with E-state index in [9.17, 15) is 9.59 Å². The number of carbonyl (C=O) groups is 2. The van der Waals surface area contributed by atoms with E-state index in [0.29, 0.717) is 51.9 Å². The van der Waals surface area contributed by atoms with Crippen molar-refractivity contribution < 1.29 is 14.3 Å².